The van der Waals surface area contributed by atoms with Crippen molar-refractivity contribution in [2.45, 2.75) is 32.1 Å². The molecule has 2 aromatic heterocycles. The predicted molar refractivity (Wildman–Crippen MR) is 169 cm³/mol. The van der Waals surface area contributed by atoms with Crippen LogP contribution in [0.3, 0.4) is 0 Å². The maximum Gasteiger partial charge on any atom is 0.281 e. The first-order chi connectivity index (χ1) is 23.3. The van der Waals surface area contributed by atoms with Gasteiger partial charge in [-0.1, -0.05) is 6.08 Å². The number of allylic oxidation sites excluding steroid dienone is 1. The van der Waals surface area contributed by atoms with E-state index in [-0.39, 0.29) is 47.2 Å². The maximum absolute atomic E-state index is 13.9. The number of carbonyl (C=O) groups excluding carboxylic acids is 2. The van der Waals surface area contributed by atoms with Crippen molar-refractivity contribution >= 4 is 29.7 Å². The molecule has 15 nitrogen and oxygen atoms in total. The second-order valence-electron chi connectivity index (χ2n) is 12.4. The average molecular weight is 668 g/mol. The van der Waals surface area contributed by atoms with E-state index in [9.17, 15) is 23.6 Å². The van der Waals surface area contributed by atoms with Gasteiger partial charge >= 0.3 is 0 Å². The highest BCUT2D eigenvalue weighted by atomic mass is 19.3. The lowest BCUT2D eigenvalue weighted by Gasteiger charge is -2.35. The van der Waals surface area contributed by atoms with E-state index >= 15 is 0 Å². The van der Waals surface area contributed by atoms with E-state index in [0.717, 1.165) is 25.7 Å². The first kappa shape index (κ1) is 33.3. The number of carbonyl (C=O) groups is 2. The van der Waals surface area contributed by atoms with Crippen LogP contribution in [0.1, 0.15) is 37.8 Å². The van der Waals surface area contributed by atoms with Gasteiger partial charge in [-0.25, -0.2) is 18.7 Å². The fourth-order valence-electron chi connectivity index (χ4n) is 6.04. The Morgan fingerprint density at radius 3 is 2.38 bits per heavy atom. The van der Waals surface area contributed by atoms with Gasteiger partial charge in [0.1, 0.15) is 23.9 Å². The molecule has 4 aliphatic rings. The second kappa shape index (κ2) is 15.1. The van der Waals surface area contributed by atoms with Crippen molar-refractivity contribution in [1.82, 2.24) is 34.7 Å². The van der Waals surface area contributed by atoms with E-state index in [1.165, 1.54) is 6.20 Å². The van der Waals surface area contributed by atoms with Crippen LogP contribution in [0.4, 0.5) is 26.6 Å². The highest BCUT2D eigenvalue weighted by Crippen LogP contribution is 2.32. The molecule has 0 radical (unpaired) electrons. The number of amides is 2. The molecule has 3 saturated heterocycles. The third-order valence-electron chi connectivity index (χ3n) is 8.87. The van der Waals surface area contributed by atoms with Crippen molar-refractivity contribution in [3.8, 4) is 17.5 Å². The summed E-state index contributed by atoms with van der Waals surface area (Å²) in [6.45, 7) is 4.97. The molecule has 48 heavy (non-hydrogen) atoms. The number of rotatable bonds is 10. The number of halogens is 2. The Hall–Kier alpha value is -4.56. The Kier molecular flexibility index (Phi) is 10.5. The number of nitrogens with zero attached hydrogens (tertiary/aromatic N) is 10. The Balaban J connectivity index is 1.05. The van der Waals surface area contributed by atoms with Gasteiger partial charge in [0.2, 0.25) is 23.8 Å². The Bertz CT molecular complexity index is 1550. The van der Waals surface area contributed by atoms with Gasteiger partial charge in [0, 0.05) is 58.6 Å². The monoisotopic (exact) mass is 667 g/mol. The fourth-order valence-corrected chi connectivity index (χ4v) is 6.04. The van der Waals surface area contributed by atoms with Crippen molar-refractivity contribution in [1.29, 1.82) is 5.26 Å². The van der Waals surface area contributed by atoms with Crippen LogP contribution < -0.4 is 15.5 Å². The first-order valence-corrected chi connectivity index (χ1v) is 16.3. The van der Waals surface area contributed by atoms with Gasteiger partial charge in [0.15, 0.2) is 5.82 Å². The fraction of sp³-hybridized carbons (Fsp3) is 0.613. The van der Waals surface area contributed by atoms with Crippen LogP contribution in [0.15, 0.2) is 17.8 Å². The minimum absolute atomic E-state index is 0.00876. The molecule has 0 bridgehead atoms. The van der Waals surface area contributed by atoms with Gasteiger partial charge < -0.3 is 34.8 Å². The molecule has 2 aromatic rings. The molecule has 2 amide bonds. The molecular weight excluding hydrogens is 628 g/mol. The first-order valence-electron chi connectivity index (χ1n) is 16.3. The summed E-state index contributed by atoms with van der Waals surface area (Å²) in [4.78, 5) is 54.5. The van der Waals surface area contributed by atoms with Crippen LogP contribution >= 0.6 is 0 Å². The topological polar surface area (TPSA) is 180 Å². The van der Waals surface area contributed by atoms with Gasteiger partial charge in [-0.3, -0.25) is 9.59 Å². The lowest BCUT2D eigenvalue weighted by atomic mass is 9.98. The van der Waals surface area contributed by atoms with Crippen LogP contribution in [0, 0.1) is 23.2 Å². The number of hydrogen-bond donors (Lipinski definition) is 1. The zero-order valence-corrected chi connectivity index (χ0v) is 26.6. The van der Waals surface area contributed by atoms with Gasteiger partial charge in [-0.2, -0.15) is 20.2 Å². The van der Waals surface area contributed by atoms with Gasteiger partial charge in [0.05, 0.1) is 25.4 Å². The molecule has 256 valence electrons. The largest absolute Gasteiger partial charge is 0.378 e. The number of nitriles is 1. The average Bonchev–Trinajstić information content (AvgIpc) is 3.95. The van der Waals surface area contributed by atoms with E-state index in [2.05, 4.69) is 31.0 Å². The predicted octanol–water partition coefficient (Wildman–Crippen LogP) is 1.45. The molecule has 1 unspecified atom stereocenters. The normalized spacial score (nSPS) is 20.6. The Morgan fingerprint density at radius 1 is 1.00 bits per heavy atom. The van der Waals surface area contributed by atoms with Gasteiger partial charge in [-0.15, -0.1) is 0 Å². The molecule has 1 atom stereocenters. The molecule has 17 heteroatoms. The van der Waals surface area contributed by atoms with Crippen LogP contribution in [-0.4, -0.2) is 125 Å². The molecule has 4 fully saturated rings. The number of piperidine rings is 1. The SMILES string of the molecule is N#C/C(=C/C1CC1)C(=O)N1CCCC(COCC(=O)N2CCN(c3nc(-c4cnc(N)nc4C(F)F)nc(N4CCOCC4)n3)CC2)C1. The van der Waals surface area contributed by atoms with Gasteiger partial charge in [-0.05, 0) is 37.5 Å². The highest BCUT2D eigenvalue weighted by molar-refractivity contribution is 5.97. The summed E-state index contributed by atoms with van der Waals surface area (Å²) in [6.07, 6.45) is 3.82. The number of morpholine rings is 1. The van der Waals surface area contributed by atoms with Crippen molar-refractivity contribution in [2.24, 2.45) is 11.8 Å². The minimum atomic E-state index is -2.92. The number of nitrogens with two attached hydrogens (primary N) is 1. The van der Waals surface area contributed by atoms with E-state index in [1.54, 1.807) is 15.9 Å². The number of anilines is 3. The van der Waals surface area contributed by atoms with Gasteiger partial charge in [0.25, 0.3) is 12.3 Å². The van der Waals surface area contributed by atoms with E-state index < -0.39 is 12.1 Å². The Labute approximate surface area is 276 Å². The lowest BCUT2D eigenvalue weighted by molar-refractivity contribution is -0.138. The zero-order valence-electron chi connectivity index (χ0n) is 26.6. The maximum atomic E-state index is 13.9. The molecule has 5 heterocycles. The minimum Gasteiger partial charge on any atom is -0.378 e. The van der Waals surface area contributed by atoms with Crippen molar-refractivity contribution in [3.63, 3.8) is 0 Å². The van der Waals surface area contributed by atoms with E-state index in [0.29, 0.717) is 90.0 Å². The van der Waals surface area contributed by atoms with Crippen LogP contribution in [0.25, 0.3) is 11.4 Å². The summed E-state index contributed by atoms with van der Waals surface area (Å²) in [6, 6.07) is 2.06. The third kappa shape index (κ3) is 8.11. The lowest BCUT2D eigenvalue weighted by Crippen LogP contribution is -2.50. The van der Waals surface area contributed by atoms with Crippen molar-refractivity contribution < 1.29 is 27.8 Å². The number of hydrogen-bond acceptors (Lipinski definition) is 13. The van der Waals surface area contributed by atoms with Crippen molar-refractivity contribution in [3.05, 3.63) is 23.5 Å². The number of ether oxygens (including phenoxy) is 2. The summed E-state index contributed by atoms with van der Waals surface area (Å²) < 4.78 is 39.1. The number of nitrogen functional groups attached to an aromatic ring is 1. The summed E-state index contributed by atoms with van der Waals surface area (Å²) in [5, 5.41) is 9.45. The molecule has 0 spiro atoms. The highest BCUT2D eigenvalue weighted by Gasteiger charge is 2.30. The number of alkyl halides is 2. The summed E-state index contributed by atoms with van der Waals surface area (Å²) in [7, 11) is 0. The van der Waals surface area contributed by atoms with Crippen molar-refractivity contribution in [2.75, 3.05) is 94.3 Å². The quantitative estimate of drug-likeness (QED) is 0.284. The Morgan fingerprint density at radius 2 is 1.71 bits per heavy atom. The zero-order chi connectivity index (χ0) is 33.6. The third-order valence-corrected chi connectivity index (χ3v) is 8.87. The van der Waals surface area contributed by atoms with Crippen LogP contribution in [0.5, 0.6) is 0 Å². The molecule has 2 N–H and O–H groups in total. The number of likely N-dealkylation sites (tertiary alicyclic amines) is 1. The molecule has 1 saturated carbocycles. The summed E-state index contributed by atoms with van der Waals surface area (Å²) in [5.41, 5.74) is 5.21. The van der Waals surface area contributed by atoms with Crippen LogP contribution in [0.2, 0.25) is 0 Å². The molecule has 1 aliphatic carbocycles. The molecule has 3 aliphatic heterocycles. The molecule has 0 aromatic carbocycles. The van der Waals surface area contributed by atoms with Crippen LogP contribution in [-0.2, 0) is 19.1 Å². The molecule has 6 rings (SSSR count). The second-order valence-corrected chi connectivity index (χ2v) is 12.4. The smallest absolute Gasteiger partial charge is 0.281 e. The van der Waals surface area contributed by atoms with E-state index in [1.807, 2.05) is 9.80 Å². The molecular formula is C31H39F2N11O4. The standard InChI is InChI=1S/C31H39F2N11O4/c32-26(33)25-23(16-36-29(35)37-25)27-38-30(40-31(39-27)43-10-12-47-13-11-43)42-8-6-41(7-9-42)24(45)19-48-18-21-2-1-5-44(17-21)28(46)22(15-34)14-20-3-4-20/h14,16,20-21,26H,1-13,17-19H2,(H2,35,36,37)/b22-14-. The van der Waals surface area contributed by atoms with E-state index in [4.69, 9.17) is 15.2 Å². The number of aromatic nitrogens is 5. The number of piperazine rings is 1. The summed E-state index contributed by atoms with van der Waals surface area (Å²) in [5.74, 6) is 0.415. The summed E-state index contributed by atoms with van der Waals surface area (Å²) >= 11 is 0.